The van der Waals surface area contributed by atoms with E-state index in [-0.39, 0.29) is 4.90 Å². The number of benzene rings is 3. The van der Waals surface area contributed by atoms with E-state index in [2.05, 4.69) is 4.72 Å². The molecule has 0 aliphatic rings. The molecule has 6 heteroatoms. The van der Waals surface area contributed by atoms with Crippen LogP contribution in [0.3, 0.4) is 0 Å². The second-order valence-electron chi connectivity index (χ2n) is 5.21. The van der Waals surface area contributed by atoms with Gasteiger partial charge in [-0.3, -0.25) is 4.72 Å². The molecule has 0 unspecified atom stereocenters. The minimum absolute atomic E-state index is 0.205. The Morgan fingerprint density at radius 3 is 2.00 bits per heavy atom. The van der Waals surface area contributed by atoms with Gasteiger partial charge in [-0.25, -0.2) is 8.42 Å². The van der Waals surface area contributed by atoms with Crippen LogP contribution < -0.4 is 14.2 Å². The lowest BCUT2D eigenvalue weighted by Gasteiger charge is -2.10. The number of sulfonamides is 1. The largest absolute Gasteiger partial charge is 0.497 e. The number of hydrogen-bond acceptors (Lipinski definition) is 4. The van der Waals surface area contributed by atoms with Gasteiger partial charge < -0.3 is 9.47 Å². The highest BCUT2D eigenvalue weighted by molar-refractivity contribution is 7.92. The summed E-state index contributed by atoms with van der Waals surface area (Å²) in [5.74, 6) is 1.40. The van der Waals surface area contributed by atoms with E-state index in [9.17, 15) is 8.42 Å². The SMILES string of the molecule is COc1ccc(NS(=O)(=O)c2ccc3cc(OC)ccc3c2)cc1. The zero-order chi connectivity index (χ0) is 17.2. The monoisotopic (exact) mass is 343 g/mol. The molecule has 0 saturated carbocycles. The lowest BCUT2D eigenvalue weighted by molar-refractivity contribution is 0.415. The Labute approximate surface area is 140 Å². The second-order valence-corrected chi connectivity index (χ2v) is 6.89. The molecule has 124 valence electrons. The van der Waals surface area contributed by atoms with Gasteiger partial charge in [0.25, 0.3) is 10.0 Å². The van der Waals surface area contributed by atoms with Crippen molar-refractivity contribution in [2.45, 2.75) is 4.90 Å². The van der Waals surface area contributed by atoms with Crippen molar-refractivity contribution in [3.05, 3.63) is 60.7 Å². The molecular formula is C18H17NO4S. The van der Waals surface area contributed by atoms with Crippen molar-refractivity contribution in [3.8, 4) is 11.5 Å². The van der Waals surface area contributed by atoms with E-state index >= 15 is 0 Å². The van der Waals surface area contributed by atoms with Crippen LogP contribution in [0.2, 0.25) is 0 Å². The fraction of sp³-hybridized carbons (Fsp3) is 0.111. The number of rotatable bonds is 5. The van der Waals surface area contributed by atoms with Gasteiger partial charge in [-0.05, 0) is 59.3 Å². The number of hydrogen-bond donors (Lipinski definition) is 1. The molecule has 24 heavy (non-hydrogen) atoms. The Kier molecular flexibility index (Phi) is 4.31. The molecule has 5 nitrogen and oxygen atoms in total. The molecule has 0 fully saturated rings. The Morgan fingerprint density at radius 2 is 1.33 bits per heavy atom. The molecular weight excluding hydrogens is 326 g/mol. The maximum absolute atomic E-state index is 12.6. The first kappa shape index (κ1) is 16.1. The molecule has 3 rings (SSSR count). The molecule has 3 aromatic carbocycles. The van der Waals surface area contributed by atoms with E-state index in [0.717, 1.165) is 16.5 Å². The standard InChI is InChI=1S/C18H17NO4S/c1-22-16-8-5-15(6-9-16)19-24(20,21)18-10-4-13-11-17(23-2)7-3-14(13)12-18/h3-12,19H,1-2H3. The molecule has 0 aromatic heterocycles. The van der Waals surface area contributed by atoms with Gasteiger partial charge >= 0.3 is 0 Å². The molecule has 0 saturated heterocycles. The molecule has 0 aliphatic heterocycles. The third kappa shape index (κ3) is 3.28. The van der Waals surface area contributed by atoms with Crippen molar-refractivity contribution in [3.63, 3.8) is 0 Å². The van der Waals surface area contributed by atoms with E-state index in [1.807, 2.05) is 12.1 Å². The molecule has 0 radical (unpaired) electrons. The molecule has 0 aliphatic carbocycles. The summed E-state index contributed by atoms with van der Waals surface area (Å²) in [5, 5.41) is 1.74. The first-order valence-electron chi connectivity index (χ1n) is 7.26. The van der Waals surface area contributed by atoms with Gasteiger partial charge in [0.1, 0.15) is 11.5 Å². The summed E-state index contributed by atoms with van der Waals surface area (Å²) in [6.45, 7) is 0. The maximum atomic E-state index is 12.6. The van der Waals surface area contributed by atoms with Gasteiger partial charge in [0.05, 0.1) is 19.1 Å². The van der Waals surface area contributed by atoms with Crippen molar-refractivity contribution >= 4 is 26.5 Å². The minimum atomic E-state index is -3.66. The Morgan fingerprint density at radius 1 is 0.750 bits per heavy atom. The number of methoxy groups -OCH3 is 2. The first-order chi connectivity index (χ1) is 11.5. The molecule has 0 atom stereocenters. The zero-order valence-electron chi connectivity index (χ0n) is 13.3. The zero-order valence-corrected chi connectivity index (χ0v) is 14.1. The van der Waals surface area contributed by atoms with Crippen LogP contribution in [0.4, 0.5) is 5.69 Å². The summed E-state index contributed by atoms with van der Waals surface area (Å²) in [4.78, 5) is 0.205. The number of nitrogens with one attached hydrogen (secondary N) is 1. The highest BCUT2D eigenvalue weighted by Gasteiger charge is 2.15. The Bertz CT molecular complexity index is 966. The summed E-state index contributed by atoms with van der Waals surface area (Å²) in [6, 6.07) is 17.2. The topological polar surface area (TPSA) is 64.6 Å². The second kappa shape index (κ2) is 6.41. The van der Waals surface area contributed by atoms with E-state index < -0.39 is 10.0 Å². The Balaban J connectivity index is 1.92. The molecule has 0 heterocycles. The van der Waals surface area contributed by atoms with Crippen molar-refractivity contribution in [1.82, 2.24) is 0 Å². The van der Waals surface area contributed by atoms with Crippen LogP contribution in [-0.4, -0.2) is 22.6 Å². The third-order valence-electron chi connectivity index (χ3n) is 3.67. The van der Waals surface area contributed by atoms with Gasteiger partial charge in [0.2, 0.25) is 0 Å². The maximum Gasteiger partial charge on any atom is 0.261 e. The van der Waals surface area contributed by atoms with Crippen molar-refractivity contribution in [2.75, 3.05) is 18.9 Å². The van der Waals surface area contributed by atoms with Crippen LogP contribution in [-0.2, 0) is 10.0 Å². The molecule has 0 amide bonds. The van der Waals surface area contributed by atoms with Crippen LogP contribution in [0.5, 0.6) is 11.5 Å². The molecule has 0 bridgehead atoms. The normalized spacial score (nSPS) is 11.2. The average Bonchev–Trinajstić information content (AvgIpc) is 2.61. The summed E-state index contributed by atoms with van der Waals surface area (Å²) < 4.78 is 37.9. The quantitative estimate of drug-likeness (QED) is 0.768. The van der Waals surface area contributed by atoms with E-state index in [4.69, 9.17) is 9.47 Å². The highest BCUT2D eigenvalue weighted by atomic mass is 32.2. The van der Waals surface area contributed by atoms with Gasteiger partial charge in [-0.1, -0.05) is 12.1 Å². The fourth-order valence-corrected chi connectivity index (χ4v) is 3.46. The fourth-order valence-electron chi connectivity index (χ4n) is 2.37. The van der Waals surface area contributed by atoms with Crippen LogP contribution in [0.15, 0.2) is 65.6 Å². The summed E-state index contributed by atoms with van der Waals surface area (Å²) in [6.07, 6.45) is 0. The van der Waals surface area contributed by atoms with Crippen molar-refractivity contribution < 1.29 is 17.9 Å². The van der Waals surface area contributed by atoms with E-state index in [0.29, 0.717) is 11.4 Å². The highest BCUT2D eigenvalue weighted by Crippen LogP contribution is 2.25. The van der Waals surface area contributed by atoms with Gasteiger partial charge in [-0.15, -0.1) is 0 Å². The van der Waals surface area contributed by atoms with E-state index in [1.54, 1.807) is 62.8 Å². The van der Waals surface area contributed by atoms with Crippen molar-refractivity contribution in [1.29, 1.82) is 0 Å². The van der Waals surface area contributed by atoms with Crippen molar-refractivity contribution in [2.24, 2.45) is 0 Å². The van der Waals surface area contributed by atoms with Crippen LogP contribution >= 0.6 is 0 Å². The van der Waals surface area contributed by atoms with Gasteiger partial charge in [0, 0.05) is 5.69 Å². The smallest absolute Gasteiger partial charge is 0.261 e. The number of ether oxygens (including phenoxy) is 2. The van der Waals surface area contributed by atoms with Gasteiger partial charge in [0.15, 0.2) is 0 Å². The molecule has 1 N–H and O–H groups in total. The van der Waals surface area contributed by atoms with Crippen LogP contribution in [0, 0.1) is 0 Å². The first-order valence-corrected chi connectivity index (χ1v) is 8.75. The lowest BCUT2D eigenvalue weighted by Crippen LogP contribution is -2.12. The van der Waals surface area contributed by atoms with Crippen LogP contribution in [0.25, 0.3) is 10.8 Å². The van der Waals surface area contributed by atoms with E-state index in [1.165, 1.54) is 0 Å². The number of fused-ring (bicyclic) bond motifs is 1. The summed E-state index contributed by atoms with van der Waals surface area (Å²) >= 11 is 0. The van der Waals surface area contributed by atoms with Gasteiger partial charge in [-0.2, -0.15) is 0 Å². The third-order valence-corrected chi connectivity index (χ3v) is 5.05. The number of anilines is 1. The lowest BCUT2D eigenvalue weighted by atomic mass is 10.1. The predicted octanol–water partition coefficient (Wildman–Crippen LogP) is 3.66. The summed E-state index contributed by atoms with van der Waals surface area (Å²) in [5.41, 5.74) is 0.477. The summed E-state index contributed by atoms with van der Waals surface area (Å²) in [7, 11) is -0.507. The van der Waals surface area contributed by atoms with Crippen LogP contribution in [0.1, 0.15) is 0 Å². The minimum Gasteiger partial charge on any atom is -0.497 e. The molecule has 0 spiro atoms. The predicted molar refractivity (Wildman–Crippen MR) is 94.3 cm³/mol. The Hall–Kier alpha value is -2.73. The molecule has 3 aromatic rings. The average molecular weight is 343 g/mol.